The number of nitrogens with one attached hydrogen (secondary N) is 3. The number of urea groups is 1. The summed E-state index contributed by atoms with van der Waals surface area (Å²) in [5.41, 5.74) is 0.500. The van der Waals surface area contributed by atoms with Crippen LogP contribution in [0.5, 0.6) is 11.5 Å². The van der Waals surface area contributed by atoms with E-state index in [0.29, 0.717) is 22.1 Å². The number of amides is 2. The number of anilines is 1. The topological polar surface area (TPSA) is 82.3 Å². The number of rotatable bonds is 7. The Morgan fingerprint density at radius 2 is 2.03 bits per heavy atom. The molecule has 3 rings (SSSR count). The first-order valence-corrected chi connectivity index (χ1v) is 9.62. The molecule has 3 aromatic rings. The van der Waals surface area contributed by atoms with Gasteiger partial charge in [-0.3, -0.25) is 0 Å². The standard InChI is InChI=1S/C19H20BrF2N5O2/c1-27(2)7-3-5-24-19(28)26-11-8-13(21)17(14(22)9-11)29-15-4-6-23-18-16(15)12(20)10-25-18/h4,6,8-10H,3,5,7H2,1-2H3,(H,23,25)(H2,24,26,28). The zero-order valence-corrected chi connectivity index (χ0v) is 17.4. The maximum Gasteiger partial charge on any atom is 0.319 e. The van der Waals surface area contributed by atoms with Gasteiger partial charge < -0.3 is 25.3 Å². The van der Waals surface area contributed by atoms with Crippen molar-refractivity contribution in [2.24, 2.45) is 0 Å². The predicted octanol–water partition coefficient (Wildman–Crippen LogP) is 4.47. The molecule has 0 bridgehead atoms. The predicted molar refractivity (Wildman–Crippen MR) is 110 cm³/mol. The summed E-state index contributed by atoms with van der Waals surface area (Å²) >= 11 is 3.34. The van der Waals surface area contributed by atoms with Gasteiger partial charge in [-0.2, -0.15) is 0 Å². The Balaban J connectivity index is 1.71. The molecular formula is C19H20BrF2N5O2. The molecule has 0 unspecified atom stereocenters. The molecule has 2 amide bonds. The summed E-state index contributed by atoms with van der Waals surface area (Å²) in [4.78, 5) is 20.9. The van der Waals surface area contributed by atoms with E-state index in [1.807, 2.05) is 19.0 Å². The number of hydrogen-bond acceptors (Lipinski definition) is 4. The molecule has 0 aliphatic carbocycles. The third kappa shape index (κ3) is 5.21. The molecule has 29 heavy (non-hydrogen) atoms. The average Bonchev–Trinajstić information content (AvgIpc) is 3.04. The second kappa shape index (κ2) is 9.19. The molecule has 0 atom stereocenters. The summed E-state index contributed by atoms with van der Waals surface area (Å²) in [6.45, 7) is 1.26. The van der Waals surface area contributed by atoms with Crippen molar-refractivity contribution in [3.8, 4) is 11.5 Å². The van der Waals surface area contributed by atoms with Crippen LogP contribution in [0.1, 0.15) is 6.42 Å². The van der Waals surface area contributed by atoms with Gasteiger partial charge in [0.1, 0.15) is 11.4 Å². The summed E-state index contributed by atoms with van der Waals surface area (Å²) in [5.74, 6) is -2.21. The minimum Gasteiger partial charge on any atom is -0.450 e. The van der Waals surface area contributed by atoms with Crippen LogP contribution in [0.15, 0.2) is 35.1 Å². The summed E-state index contributed by atoms with van der Waals surface area (Å²) in [5, 5.41) is 5.61. The summed E-state index contributed by atoms with van der Waals surface area (Å²) < 4.78 is 35.1. The van der Waals surface area contributed by atoms with Gasteiger partial charge in [-0.05, 0) is 49.1 Å². The van der Waals surface area contributed by atoms with E-state index >= 15 is 0 Å². The lowest BCUT2D eigenvalue weighted by Gasteiger charge is -2.13. The molecule has 0 aliphatic rings. The van der Waals surface area contributed by atoms with Crippen LogP contribution in [0.3, 0.4) is 0 Å². The Morgan fingerprint density at radius 3 is 2.72 bits per heavy atom. The van der Waals surface area contributed by atoms with Crippen LogP contribution in [-0.2, 0) is 0 Å². The molecule has 3 N–H and O–H groups in total. The SMILES string of the molecule is CN(C)CCCNC(=O)Nc1cc(F)c(Oc2ccnc3[nH]cc(Br)c23)c(F)c1. The van der Waals surface area contributed by atoms with E-state index in [-0.39, 0.29) is 11.4 Å². The van der Waals surface area contributed by atoms with Gasteiger partial charge in [0.05, 0.1) is 5.39 Å². The first-order valence-electron chi connectivity index (χ1n) is 8.83. The number of halogens is 3. The number of aromatic nitrogens is 2. The minimum absolute atomic E-state index is 0.0137. The van der Waals surface area contributed by atoms with Gasteiger partial charge in [-0.1, -0.05) is 0 Å². The van der Waals surface area contributed by atoms with Gasteiger partial charge >= 0.3 is 6.03 Å². The Labute approximate surface area is 174 Å². The maximum atomic E-state index is 14.5. The number of nitrogens with zero attached hydrogens (tertiary/aromatic N) is 2. The number of H-pyrrole nitrogens is 1. The molecule has 2 heterocycles. The Hall–Kier alpha value is -2.72. The molecule has 0 saturated carbocycles. The summed E-state index contributed by atoms with van der Waals surface area (Å²) in [6, 6.07) is 2.97. The van der Waals surface area contributed by atoms with Crippen LogP contribution < -0.4 is 15.4 Å². The van der Waals surface area contributed by atoms with Crippen molar-refractivity contribution in [1.29, 1.82) is 0 Å². The zero-order chi connectivity index (χ0) is 21.0. The second-order valence-corrected chi connectivity index (χ2v) is 7.43. The Kier molecular flexibility index (Phi) is 6.65. The molecular weight excluding hydrogens is 448 g/mol. The van der Waals surface area contributed by atoms with Crippen molar-refractivity contribution in [3.63, 3.8) is 0 Å². The van der Waals surface area contributed by atoms with Gasteiger partial charge in [0.2, 0.25) is 0 Å². The van der Waals surface area contributed by atoms with Crippen LogP contribution in [0.4, 0.5) is 19.3 Å². The molecule has 10 heteroatoms. The van der Waals surface area contributed by atoms with Gasteiger partial charge in [0.25, 0.3) is 0 Å². The molecule has 154 valence electrons. The van der Waals surface area contributed by atoms with Crippen LogP contribution >= 0.6 is 15.9 Å². The van der Waals surface area contributed by atoms with Crippen molar-refractivity contribution in [2.75, 3.05) is 32.5 Å². The second-order valence-electron chi connectivity index (χ2n) is 6.58. The first-order chi connectivity index (χ1) is 13.8. The number of carbonyl (C=O) groups excluding carboxylic acids is 1. The highest BCUT2D eigenvalue weighted by molar-refractivity contribution is 9.10. The number of aromatic amines is 1. The molecule has 2 aromatic heterocycles. The van der Waals surface area contributed by atoms with E-state index in [1.54, 1.807) is 6.20 Å². The fourth-order valence-corrected chi connectivity index (χ4v) is 3.18. The van der Waals surface area contributed by atoms with Crippen LogP contribution in [0.2, 0.25) is 0 Å². The normalized spacial score (nSPS) is 11.1. The number of ether oxygens (including phenoxy) is 1. The third-order valence-corrected chi connectivity index (χ3v) is 4.65. The van der Waals surface area contributed by atoms with Crippen LogP contribution in [0, 0.1) is 11.6 Å². The summed E-state index contributed by atoms with van der Waals surface area (Å²) in [6.07, 6.45) is 3.87. The largest absolute Gasteiger partial charge is 0.450 e. The molecule has 7 nitrogen and oxygen atoms in total. The highest BCUT2D eigenvalue weighted by Crippen LogP contribution is 2.36. The Bertz CT molecular complexity index is 1000. The molecule has 0 fully saturated rings. The van der Waals surface area contributed by atoms with E-state index in [9.17, 15) is 13.6 Å². The molecule has 0 saturated heterocycles. The molecule has 0 radical (unpaired) electrons. The summed E-state index contributed by atoms with van der Waals surface area (Å²) in [7, 11) is 3.86. The van der Waals surface area contributed by atoms with Gasteiger partial charge in [-0.25, -0.2) is 18.6 Å². The fraction of sp³-hybridized carbons (Fsp3) is 0.263. The molecule has 1 aromatic carbocycles. The third-order valence-electron chi connectivity index (χ3n) is 4.02. The van der Waals surface area contributed by atoms with E-state index in [4.69, 9.17) is 4.74 Å². The molecule has 0 spiro atoms. The molecule has 0 aliphatic heterocycles. The van der Waals surface area contributed by atoms with Crippen molar-refractivity contribution < 1.29 is 18.3 Å². The number of hydrogen-bond donors (Lipinski definition) is 3. The highest BCUT2D eigenvalue weighted by atomic mass is 79.9. The fourth-order valence-electron chi connectivity index (χ4n) is 2.69. The maximum absolute atomic E-state index is 14.5. The highest BCUT2D eigenvalue weighted by Gasteiger charge is 2.17. The van der Waals surface area contributed by atoms with E-state index in [1.165, 1.54) is 12.3 Å². The van der Waals surface area contributed by atoms with Crippen LogP contribution in [0.25, 0.3) is 11.0 Å². The monoisotopic (exact) mass is 467 g/mol. The lowest BCUT2D eigenvalue weighted by molar-refractivity contribution is 0.251. The smallest absolute Gasteiger partial charge is 0.319 e. The van der Waals surface area contributed by atoms with E-state index in [2.05, 4.69) is 36.5 Å². The average molecular weight is 468 g/mol. The number of benzene rings is 1. The van der Waals surface area contributed by atoms with Crippen LogP contribution in [-0.4, -0.2) is 48.1 Å². The van der Waals surface area contributed by atoms with Crippen molar-refractivity contribution in [3.05, 3.63) is 46.7 Å². The quantitative estimate of drug-likeness (QED) is 0.447. The first kappa shape index (κ1) is 21.0. The number of carbonyl (C=O) groups is 1. The van der Waals surface area contributed by atoms with Gasteiger partial charge in [-0.15, -0.1) is 0 Å². The number of fused-ring (bicyclic) bond motifs is 1. The van der Waals surface area contributed by atoms with E-state index in [0.717, 1.165) is 25.1 Å². The van der Waals surface area contributed by atoms with Crippen molar-refractivity contribution in [1.82, 2.24) is 20.2 Å². The lowest BCUT2D eigenvalue weighted by Crippen LogP contribution is -2.31. The van der Waals surface area contributed by atoms with Crippen molar-refractivity contribution in [2.45, 2.75) is 6.42 Å². The zero-order valence-electron chi connectivity index (χ0n) is 15.9. The lowest BCUT2D eigenvalue weighted by atomic mass is 10.2. The van der Waals surface area contributed by atoms with Gasteiger partial charge in [0.15, 0.2) is 17.4 Å². The minimum atomic E-state index is -0.940. The Morgan fingerprint density at radius 1 is 1.31 bits per heavy atom. The van der Waals surface area contributed by atoms with Gasteiger partial charge in [0, 0.05) is 41.2 Å². The van der Waals surface area contributed by atoms with Crippen molar-refractivity contribution >= 4 is 38.7 Å². The van der Waals surface area contributed by atoms with E-state index < -0.39 is 23.4 Å². The number of pyridine rings is 1.